The lowest BCUT2D eigenvalue weighted by molar-refractivity contribution is 0.0932. The van der Waals surface area contributed by atoms with Gasteiger partial charge in [0.05, 0.1) is 16.8 Å². The van der Waals surface area contributed by atoms with E-state index in [-0.39, 0.29) is 12.1 Å². The van der Waals surface area contributed by atoms with Crippen molar-refractivity contribution in [3.05, 3.63) is 34.9 Å². The molecule has 0 bridgehead atoms. The molecule has 1 fully saturated rings. The first-order valence-electron chi connectivity index (χ1n) is 5.23. The summed E-state index contributed by atoms with van der Waals surface area (Å²) in [5.74, 6) is -0.154. The molecule has 1 aromatic carbocycles. The second-order valence-corrected chi connectivity index (χ2v) is 4.34. The number of amides is 1. The van der Waals surface area contributed by atoms with Crippen molar-refractivity contribution in [1.29, 1.82) is 0 Å². The molecule has 5 heteroatoms. The first kappa shape index (κ1) is 11.4. The first-order valence-corrected chi connectivity index (χ1v) is 5.61. The van der Waals surface area contributed by atoms with Crippen LogP contribution < -0.4 is 16.2 Å². The number of hydrogen-bond acceptors (Lipinski definition) is 3. The molecule has 0 aromatic heterocycles. The summed E-state index contributed by atoms with van der Waals surface area (Å²) in [5, 5.41) is 3.34. The van der Waals surface area contributed by atoms with Gasteiger partial charge in [-0.2, -0.15) is 0 Å². The Morgan fingerprint density at radius 2 is 2.19 bits per heavy atom. The van der Waals surface area contributed by atoms with Crippen LogP contribution in [0.5, 0.6) is 0 Å². The topological polar surface area (TPSA) is 53.2 Å². The van der Waals surface area contributed by atoms with Gasteiger partial charge < -0.3 is 5.32 Å². The highest BCUT2D eigenvalue weighted by molar-refractivity contribution is 6.33. The van der Waals surface area contributed by atoms with Gasteiger partial charge in [0.1, 0.15) is 0 Å². The van der Waals surface area contributed by atoms with Crippen LogP contribution >= 0.6 is 11.6 Å². The summed E-state index contributed by atoms with van der Waals surface area (Å²) in [6, 6.07) is 7.37. The lowest BCUT2D eigenvalue weighted by Crippen LogP contribution is -2.44. The Morgan fingerprint density at radius 3 is 2.81 bits per heavy atom. The molecule has 3 N–H and O–H groups in total. The van der Waals surface area contributed by atoms with Crippen LogP contribution in [-0.2, 0) is 0 Å². The third-order valence-electron chi connectivity index (χ3n) is 2.52. The van der Waals surface area contributed by atoms with Gasteiger partial charge in [-0.3, -0.25) is 10.2 Å². The SMILES string of the molecule is CC1CC(NC(=O)c2ccccc2Cl)NN1. The first-order chi connectivity index (χ1) is 7.66. The zero-order valence-corrected chi connectivity index (χ0v) is 9.71. The second kappa shape index (κ2) is 4.82. The fourth-order valence-corrected chi connectivity index (χ4v) is 1.91. The standard InChI is InChI=1S/C11H14ClN3O/c1-7-6-10(15-14-7)13-11(16)8-4-2-3-5-9(8)12/h2-5,7,10,14-15H,6H2,1H3,(H,13,16). The predicted molar refractivity (Wildman–Crippen MR) is 63.1 cm³/mol. The normalized spacial score (nSPS) is 24.4. The van der Waals surface area contributed by atoms with Crippen molar-refractivity contribution in [1.82, 2.24) is 16.2 Å². The molecule has 1 amide bonds. The van der Waals surface area contributed by atoms with Crippen molar-refractivity contribution in [2.75, 3.05) is 0 Å². The molecule has 2 rings (SSSR count). The van der Waals surface area contributed by atoms with Crippen LogP contribution in [0.3, 0.4) is 0 Å². The highest BCUT2D eigenvalue weighted by atomic mass is 35.5. The Hall–Kier alpha value is -1.10. The van der Waals surface area contributed by atoms with Gasteiger partial charge in [0.25, 0.3) is 5.91 Å². The lowest BCUT2D eigenvalue weighted by Gasteiger charge is -2.12. The Bertz CT molecular complexity index is 397. The van der Waals surface area contributed by atoms with Gasteiger partial charge in [-0.1, -0.05) is 23.7 Å². The number of hydrogen-bond donors (Lipinski definition) is 3. The molecule has 0 aliphatic carbocycles. The average molecular weight is 240 g/mol. The number of halogens is 1. The van der Waals surface area contributed by atoms with Crippen LogP contribution in [0.1, 0.15) is 23.7 Å². The monoisotopic (exact) mass is 239 g/mol. The van der Waals surface area contributed by atoms with Crippen molar-refractivity contribution >= 4 is 17.5 Å². The molecule has 2 atom stereocenters. The fraction of sp³-hybridized carbons (Fsp3) is 0.364. The van der Waals surface area contributed by atoms with Crippen molar-refractivity contribution in [3.8, 4) is 0 Å². The summed E-state index contributed by atoms with van der Waals surface area (Å²) < 4.78 is 0. The van der Waals surface area contributed by atoms with Crippen molar-refractivity contribution in [3.63, 3.8) is 0 Å². The van der Waals surface area contributed by atoms with E-state index in [0.29, 0.717) is 16.6 Å². The number of rotatable bonds is 2. The van der Waals surface area contributed by atoms with E-state index in [1.54, 1.807) is 24.3 Å². The minimum absolute atomic E-state index is 0.0428. The van der Waals surface area contributed by atoms with Gasteiger partial charge in [0.2, 0.25) is 0 Å². The molecular formula is C11H14ClN3O. The summed E-state index contributed by atoms with van der Waals surface area (Å²) in [7, 11) is 0. The average Bonchev–Trinajstić information content (AvgIpc) is 2.64. The Morgan fingerprint density at radius 1 is 1.44 bits per heavy atom. The molecule has 0 radical (unpaired) electrons. The summed E-state index contributed by atoms with van der Waals surface area (Å²) in [6.07, 6.45) is 0.815. The van der Waals surface area contributed by atoms with Gasteiger partial charge >= 0.3 is 0 Å². The maximum Gasteiger partial charge on any atom is 0.254 e. The van der Waals surface area contributed by atoms with Gasteiger partial charge in [0.15, 0.2) is 0 Å². The van der Waals surface area contributed by atoms with E-state index < -0.39 is 0 Å². The molecular weight excluding hydrogens is 226 g/mol. The fourth-order valence-electron chi connectivity index (χ4n) is 1.69. The van der Waals surface area contributed by atoms with Crippen molar-refractivity contribution < 1.29 is 4.79 Å². The highest BCUT2D eigenvalue weighted by Crippen LogP contribution is 2.15. The molecule has 0 spiro atoms. The summed E-state index contributed by atoms with van der Waals surface area (Å²) in [6.45, 7) is 2.05. The summed E-state index contributed by atoms with van der Waals surface area (Å²) in [4.78, 5) is 11.9. The number of hydrazine groups is 1. The maximum absolute atomic E-state index is 11.9. The minimum atomic E-state index is -0.154. The maximum atomic E-state index is 11.9. The van der Waals surface area contributed by atoms with E-state index in [9.17, 15) is 4.79 Å². The molecule has 1 saturated heterocycles. The van der Waals surface area contributed by atoms with Gasteiger partial charge in [-0.05, 0) is 25.5 Å². The molecule has 16 heavy (non-hydrogen) atoms. The molecule has 1 heterocycles. The quantitative estimate of drug-likeness (QED) is 0.729. The van der Waals surface area contributed by atoms with Crippen LogP contribution in [0.25, 0.3) is 0 Å². The van der Waals surface area contributed by atoms with E-state index >= 15 is 0 Å². The smallest absolute Gasteiger partial charge is 0.254 e. The van der Waals surface area contributed by atoms with E-state index in [1.165, 1.54) is 0 Å². The largest absolute Gasteiger partial charge is 0.335 e. The Balaban J connectivity index is 2.01. The third-order valence-corrected chi connectivity index (χ3v) is 2.85. The zero-order valence-electron chi connectivity index (χ0n) is 8.96. The molecule has 86 valence electrons. The third kappa shape index (κ3) is 2.52. The Kier molecular flexibility index (Phi) is 3.43. The molecule has 0 saturated carbocycles. The zero-order chi connectivity index (χ0) is 11.5. The van der Waals surface area contributed by atoms with Crippen LogP contribution in [0.15, 0.2) is 24.3 Å². The molecule has 4 nitrogen and oxygen atoms in total. The van der Waals surface area contributed by atoms with Crippen LogP contribution in [0, 0.1) is 0 Å². The number of nitrogens with one attached hydrogen (secondary N) is 3. The highest BCUT2D eigenvalue weighted by Gasteiger charge is 2.22. The second-order valence-electron chi connectivity index (χ2n) is 3.93. The minimum Gasteiger partial charge on any atom is -0.335 e. The van der Waals surface area contributed by atoms with E-state index in [2.05, 4.69) is 23.1 Å². The summed E-state index contributed by atoms with van der Waals surface area (Å²) in [5.41, 5.74) is 6.55. The van der Waals surface area contributed by atoms with Crippen molar-refractivity contribution in [2.24, 2.45) is 0 Å². The van der Waals surface area contributed by atoms with E-state index in [1.807, 2.05) is 0 Å². The van der Waals surface area contributed by atoms with Gasteiger partial charge in [-0.25, -0.2) is 5.43 Å². The molecule has 1 aliphatic heterocycles. The van der Waals surface area contributed by atoms with E-state index in [0.717, 1.165) is 6.42 Å². The number of carbonyl (C=O) groups is 1. The molecule has 2 unspecified atom stereocenters. The number of benzene rings is 1. The molecule has 1 aromatic rings. The van der Waals surface area contributed by atoms with Crippen molar-refractivity contribution in [2.45, 2.75) is 25.6 Å². The number of carbonyl (C=O) groups excluding carboxylic acids is 1. The molecule has 1 aliphatic rings. The Labute approximate surface area is 99.3 Å². The van der Waals surface area contributed by atoms with Gasteiger partial charge in [-0.15, -0.1) is 0 Å². The van der Waals surface area contributed by atoms with Crippen LogP contribution in [-0.4, -0.2) is 18.1 Å². The summed E-state index contributed by atoms with van der Waals surface area (Å²) >= 11 is 5.94. The van der Waals surface area contributed by atoms with Crippen LogP contribution in [0.4, 0.5) is 0 Å². The van der Waals surface area contributed by atoms with Gasteiger partial charge in [0, 0.05) is 6.04 Å². The van der Waals surface area contributed by atoms with E-state index in [4.69, 9.17) is 11.6 Å². The lowest BCUT2D eigenvalue weighted by atomic mass is 10.2. The predicted octanol–water partition coefficient (Wildman–Crippen LogP) is 1.28. The van der Waals surface area contributed by atoms with Crippen LogP contribution in [0.2, 0.25) is 5.02 Å².